The maximum absolute atomic E-state index is 10.5. The van der Waals surface area contributed by atoms with Crippen molar-refractivity contribution in [3.8, 4) is 0 Å². The highest BCUT2D eigenvalue weighted by Crippen LogP contribution is 2.32. The predicted molar refractivity (Wildman–Crippen MR) is 54.9 cm³/mol. The molecule has 0 aromatic rings. The van der Waals surface area contributed by atoms with Crippen LogP contribution in [0.4, 0.5) is 0 Å². The minimum atomic E-state index is -0.593. The van der Waals surface area contributed by atoms with Crippen LogP contribution in [-0.2, 0) is 4.74 Å². The van der Waals surface area contributed by atoms with Crippen LogP contribution in [0.25, 0.3) is 0 Å². The molecule has 1 atom stereocenters. The molecule has 1 unspecified atom stereocenters. The van der Waals surface area contributed by atoms with Crippen LogP contribution in [0.3, 0.4) is 0 Å². The number of hydrogen-bond acceptors (Lipinski definition) is 3. The summed E-state index contributed by atoms with van der Waals surface area (Å²) in [4.78, 5) is 0. The van der Waals surface area contributed by atoms with E-state index in [0.29, 0.717) is 0 Å². The summed E-state index contributed by atoms with van der Waals surface area (Å²) in [6.07, 6.45) is 6.57. The minimum absolute atomic E-state index is 0.593. The van der Waals surface area contributed by atoms with Gasteiger partial charge in [0.2, 0.25) is 0 Å². The quantitative estimate of drug-likeness (QED) is 0.663. The van der Waals surface area contributed by atoms with Crippen LogP contribution in [0, 0.1) is 0 Å². The molecule has 0 spiro atoms. The molecule has 2 rings (SSSR count). The number of ether oxygens (including phenoxy) is 1. The molecule has 0 amide bonds. The number of aliphatic hydroxyl groups is 1. The Morgan fingerprint density at radius 1 is 1.29 bits per heavy atom. The van der Waals surface area contributed by atoms with Gasteiger partial charge in [0.1, 0.15) is 0 Å². The highest BCUT2D eigenvalue weighted by Gasteiger charge is 2.32. The lowest BCUT2D eigenvalue weighted by Gasteiger charge is -2.31. The lowest BCUT2D eigenvalue weighted by atomic mass is 9.84. The van der Waals surface area contributed by atoms with Crippen molar-refractivity contribution in [2.75, 3.05) is 19.7 Å². The van der Waals surface area contributed by atoms with E-state index in [4.69, 9.17) is 4.74 Å². The first-order valence-electron chi connectivity index (χ1n) is 5.55. The van der Waals surface area contributed by atoms with E-state index in [1.807, 2.05) is 0 Å². The topological polar surface area (TPSA) is 41.5 Å². The molecule has 0 aromatic carbocycles. The van der Waals surface area contributed by atoms with Crippen LogP contribution in [0.5, 0.6) is 0 Å². The second-order valence-corrected chi connectivity index (χ2v) is 4.25. The fourth-order valence-corrected chi connectivity index (χ4v) is 2.28. The van der Waals surface area contributed by atoms with Gasteiger partial charge in [0.05, 0.1) is 18.5 Å². The highest BCUT2D eigenvalue weighted by atomic mass is 16.5. The van der Waals surface area contributed by atoms with Gasteiger partial charge in [-0.15, -0.1) is 0 Å². The van der Waals surface area contributed by atoms with E-state index < -0.39 is 5.60 Å². The molecule has 3 heteroatoms. The van der Waals surface area contributed by atoms with E-state index >= 15 is 0 Å². The second kappa shape index (κ2) is 4.32. The Kier molecular flexibility index (Phi) is 3.08. The van der Waals surface area contributed by atoms with Crippen molar-refractivity contribution in [1.82, 2.24) is 5.32 Å². The molecule has 2 aliphatic heterocycles. The first kappa shape index (κ1) is 9.99. The molecule has 1 saturated heterocycles. The third-order valence-electron chi connectivity index (χ3n) is 3.19. The summed E-state index contributed by atoms with van der Waals surface area (Å²) in [5.41, 5.74) is 0.511. The summed E-state index contributed by atoms with van der Waals surface area (Å²) in [7, 11) is 0. The Balaban J connectivity index is 2.07. The van der Waals surface area contributed by atoms with Gasteiger partial charge in [-0.2, -0.15) is 0 Å². The molecule has 14 heavy (non-hydrogen) atoms. The molecule has 0 aromatic heterocycles. The Morgan fingerprint density at radius 3 is 3.00 bits per heavy atom. The van der Waals surface area contributed by atoms with Gasteiger partial charge >= 0.3 is 0 Å². The maximum atomic E-state index is 10.5. The number of hydrogen-bond donors (Lipinski definition) is 2. The predicted octanol–water partition coefficient (Wildman–Crippen LogP) is 1.19. The Labute approximate surface area is 85.1 Å². The Morgan fingerprint density at radius 2 is 2.21 bits per heavy atom. The van der Waals surface area contributed by atoms with Crippen LogP contribution in [-0.4, -0.2) is 30.4 Å². The van der Waals surface area contributed by atoms with E-state index in [2.05, 4.69) is 5.32 Å². The lowest BCUT2D eigenvalue weighted by molar-refractivity contribution is 0.0508. The van der Waals surface area contributed by atoms with Crippen LogP contribution in [0.2, 0.25) is 0 Å². The van der Waals surface area contributed by atoms with E-state index in [1.54, 1.807) is 6.26 Å². The van der Waals surface area contributed by atoms with Gasteiger partial charge in [-0.3, -0.25) is 0 Å². The van der Waals surface area contributed by atoms with Crippen LogP contribution in [0.15, 0.2) is 11.8 Å². The largest absolute Gasteiger partial charge is 0.501 e. The second-order valence-electron chi connectivity index (χ2n) is 4.25. The van der Waals surface area contributed by atoms with Gasteiger partial charge in [-0.25, -0.2) is 0 Å². The van der Waals surface area contributed by atoms with Gasteiger partial charge in [-0.1, -0.05) is 0 Å². The lowest BCUT2D eigenvalue weighted by Crippen LogP contribution is -2.33. The van der Waals surface area contributed by atoms with Crippen molar-refractivity contribution in [2.45, 2.75) is 37.7 Å². The van der Waals surface area contributed by atoms with Crippen LogP contribution in [0.1, 0.15) is 32.1 Å². The maximum Gasteiger partial charge on any atom is 0.0901 e. The molecule has 2 N–H and O–H groups in total. The highest BCUT2D eigenvalue weighted by molar-refractivity contribution is 5.16. The summed E-state index contributed by atoms with van der Waals surface area (Å²) >= 11 is 0. The minimum Gasteiger partial charge on any atom is -0.501 e. The standard InChI is InChI=1S/C11H19NO2/c13-11(4-2-6-12-7-5-11)10-3-1-8-14-9-10/h9,12-13H,1-8H2. The van der Waals surface area contributed by atoms with Crippen molar-refractivity contribution in [2.24, 2.45) is 0 Å². The molecule has 1 fully saturated rings. The molecule has 80 valence electrons. The molecular formula is C11H19NO2. The normalized spacial score (nSPS) is 34.2. The van der Waals surface area contributed by atoms with Gasteiger partial charge in [0, 0.05) is 0 Å². The molecule has 2 heterocycles. The molecule has 0 radical (unpaired) electrons. The van der Waals surface area contributed by atoms with Gasteiger partial charge in [0.15, 0.2) is 0 Å². The van der Waals surface area contributed by atoms with Crippen LogP contribution < -0.4 is 5.32 Å². The van der Waals surface area contributed by atoms with Crippen molar-refractivity contribution in [3.05, 3.63) is 11.8 Å². The van der Waals surface area contributed by atoms with Gasteiger partial charge < -0.3 is 15.2 Å². The average Bonchev–Trinajstić information content (AvgIpc) is 2.46. The monoisotopic (exact) mass is 197 g/mol. The SMILES string of the molecule is OC1(C2=COCCC2)CCCNCC1. The summed E-state index contributed by atoms with van der Waals surface area (Å²) in [6, 6.07) is 0. The zero-order valence-electron chi connectivity index (χ0n) is 8.59. The van der Waals surface area contributed by atoms with Crippen molar-refractivity contribution in [1.29, 1.82) is 0 Å². The molecule has 0 bridgehead atoms. The number of nitrogens with one attached hydrogen (secondary N) is 1. The van der Waals surface area contributed by atoms with Crippen LogP contribution >= 0.6 is 0 Å². The molecular weight excluding hydrogens is 178 g/mol. The van der Waals surface area contributed by atoms with E-state index in [1.165, 1.54) is 0 Å². The van der Waals surface area contributed by atoms with Crippen molar-refractivity contribution in [3.63, 3.8) is 0 Å². The fourth-order valence-electron chi connectivity index (χ4n) is 2.28. The number of rotatable bonds is 1. The van der Waals surface area contributed by atoms with Gasteiger partial charge in [0.25, 0.3) is 0 Å². The summed E-state index contributed by atoms with van der Waals surface area (Å²) in [6.45, 7) is 2.74. The molecule has 0 aliphatic carbocycles. The summed E-state index contributed by atoms with van der Waals surface area (Å²) in [5, 5.41) is 13.8. The van der Waals surface area contributed by atoms with E-state index in [-0.39, 0.29) is 0 Å². The average molecular weight is 197 g/mol. The van der Waals surface area contributed by atoms with E-state index in [0.717, 1.165) is 57.4 Å². The van der Waals surface area contributed by atoms with Crippen molar-refractivity contribution >= 4 is 0 Å². The molecule has 2 aliphatic rings. The molecule has 0 saturated carbocycles. The van der Waals surface area contributed by atoms with Gasteiger partial charge in [-0.05, 0) is 50.8 Å². The zero-order valence-corrected chi connectivity index (χ0v) is 8.59. The first-order valence-corrected chi connectivity index (χ1v) is 5.55. The third kappa shape index (κ3) is 2.10. The summed E-state index contributed by atoms with van der Waals surface area (Å²) < 4.78 is 5.30. The Bertz CT molecular complexity index is 217. The summed E-state index contributed by atoms with van der Waals surface area (Å²) in [5.74, 6) is 0. The van der Waals surface area contributed by atoms with E-state index in [9.17, 15) is 5.11 Å². The first-order chi connectivity index (χ1) is 6.81. The smallest absolute Gasteiger partial charge is 0.0901 e. The van der Waals surface area contributed by atoms with Crippen molar-refractivity contribution < 1.29 is 9.84 Å². The third-order valence-corrected chi connectivity index (χ3v) is 3.19. The fraction of sp³-hybridized carbons (Fsp3) is 0.818. The molecule has 3 nitrogen and oxygen atoms in total. The zero-order chi connectivity index (χ0) is 9.86. The Hall–Kier alpha value is -0.540.